The average Bonchev–Trinajstić information content (AvgIpc) is 3.16. The molecule has 1 amide bonds. The molecule has 5 nitrogen and oxygen atoms in total. The van der Waals surface area contributed by atoms with Crippen molar-refractivity contribution in [2.45, 2.75) is 44.3 Å². The molecule has 164 valence electrons. The van der Waals surface area contributed by atoms with E-state index < -0.39 is 29.0 Å². The summed E-state index contributed by atoms with van der Waals surface area (Å²) in [6.07, 6.45) is 2.58. The molecule has 1 fully saturated rings. The SMILES string of the molecule is COc1cc2nn(C3CCCCC3)cc2cc1NC(=O)c1cccc(C(F)(F)F)c1F. The second-order valence-electron chi connectivity index (χ2n) is 7.63. The van der Waals surface area contributed by atoms with Crippen molar-refractivity contribution in [3.63, 3.8) is 0 Å². The lowest BCUT2D eigenvalue weighted by Gasteiger charge is -2.21. The lowest BCUT2D eigenvalue weighted by atomic mass is 9.96. The number of alkyl halides is 3. The molecule has 0 aliphatic heterocycles. The first kappa shape index (κ1) is 21.1. The van der Waals surface area contributed by atoms with Crippen LogP contribution in [0, 0.1) is 5.82 Å². The lowest BCUT2D eigenvalue weighted by molar-refractivity contribution is -0.140. The molecule has 0 atom stereocenters. The Balaban J connectivity index is 1.65. The molecule has 1 N–H and O–H groups in total. The Kier molecular flexibility index (Phi) is 5.60. The highest BCUT2D eigenvalue weighted by Crippen LogP contribution is 2.35. The van der Waals surface area contributed by atoms with Crippen molar-refractivity contribution in [2.75, 3.05) is 12.4 Å². The Hall–Kier alpha value is -3.10. The van der Waals surface area contributed by atoms with E-state index in [9.17, 15) is 22.4 Å². The molecule has 3 aromatic rings. The number of ether oxygens (including phenoxy) is 1. The van der Waals surface area contributed by atoms with Gasteiger partial charge < -0.3 is 10.1 Å². The summed E-state index contributed by atoms with van der Waals surface area (Å²) in [5.74, 6) is -2.33. The summed E-state index contributed by atoms with van der Waals surface area (Å²) in [5, 5.41) is 7.83. The van der Waals surface area contributed by atoms with E-state index in [0.29, 0.717) is 17.6 Å². The second-order valence-corrected chi connectivity index (χ2v) is 7.63. The third-order valence-electron chi connectivity index (χ3n) is 5.59. The van der Waals surface area contributed by atoms with E-state index in [1.54, 1.807) is 12.1 Å². The second kappa shape index (κ2) is 8.20. The van der Waals surface area contributed by atoms with Gasteiger partial charge in [-0.2, -0.15) is 18.3 Å². The first-order chi connectivity index (χ1) is 14.8. The molecule has 0 unspecified atom stereocenters. The number of rotatable bonds is 4. The summed E-state index contributed by atoms with van der Waals surface area (Å²) in [6.45, 7) is 0. The van der Waals surface area contributed by atoms with Crippen molar-refractivity contribution in [3.05, 3.63) is 53.5 Å². The number of amides is 1. The molecule has 1 aliphatic carbocycles. The summed E-state index contributed by atoms with van der Waals surface area (Å²) in [6, 6.07) is 6.18. The maximum absolute atomic E-state index is 14.3. The van der Waals surface area contributed by atoms with Crippen LogP contribution < -0.4 is 10.1 Å². The van der Waals surface area contributed by atoms with Gasteiger partial charge in [0.1, 0.15) is 11.6 Å². The molecule has 31 heavy (non-hydrogen) atoms. The minimum Gasteiger partial charge on any atom is -0.494 e. The molecule has 1 aliphatic rings. The van der Waals surface area contributed by atoms with E-state index in [-0.39, 0.29) is 11.4 Å². The number of nitrogens with zero attached hydrogens (tertiary/aromatic N) is 2. The van der Waals surface area contributed by atoms with Crippen LogP contribution >= 0.6 is 0 Å². The van der Waals surface area contributed by atoms with Crippen molar-refractivity contribution in [3.8, 4) is 5.75 Å². The molecule has 1 saturated carbocycles. The fourth-order valence-electron chi connectivity index (χ4n) is 3.99. The van der Waals surface area contributed by atoms with Gasteiger partial charge in [0.05, 0.1) is 35.5 Å². The van der Waals surface area contributed by atoms with Gasteiger partial charge >= 0.3 is 6.18 Å². The minimum atomic E-state index is -4.90. The predicted octanol–water partition coefficient (Wildman–Crippen LogP) is 5.96. The van der Waals surface area contributed by atoms with E-state index in [1.165, 1.54) is 13.5 Å². The van der Waals surface area contributed by atoms with Gasteiger partial charge in [0.2, 0.25) is 0 Å². The Morgan fingerprint density at radius 1 is 1.19 bits per heavy atom. The predicted molar refractivity (Wildman–Crippen MR) is 108 cm³/mol. The van der Waals surface area contributed by atoms with Gasteiger partial charge in [0.25, 0.3) is 5.91 Å². The summed E-state index contributed by atoms with van der Waals surface area (Å²) in [5.41, 5.74) is -1.29. The van der Waals surface area contributed by atoms with Gasteiger partial charge in [-0.3, -0.25) is 9.48 Å². The Morgan fingerprint density at radius 3 is 2.61 bits per heavy atom. The first-order valence-corrected chi connectivity index (χ1v) is 10.0. The van der Waals surface area contributed by atoms with Gasteiger partial charge in [0.15, 0.2) is 0 Å². The van der Waals surface area contributed by atoms with Crippen LogP contribution in [0.3, 0.4) is 0 Å². The summed E-state index contributed by atoms with van der Waals surface area (Å²) in [7, 11) is 1.40. The molecule has 1 heterocycles. The van der Waals surface area contributed by atoms with Crippen LogP contribution in [0.4, 0.5) is 23.2 Å². The van der Waals surface area contributed by atoms with Crippen molar-refractivity contribution >= 4 is 22.5 Å². The molecule has 0 saturated heterocycles. The molecule has 4 rings (SSSR count). The van der Waals surface area contributed by atoms with Crippen LogP contribution in [0.25, 0.3) is 10.9 Å². The van der Waals surface area contributed by atoms with Crippen LogP contribution in [0.2, 0.25) is 0 Å². The minimum absolute atomic E-state index is 0.222. The molecule has 1 aromatic heterocycles. The van der Waals surface area contributed by atoms with Crippen molar-refractivity contribution in [1.82, 2.24) is 9.78 Å². The third-order valence-corrected chi connectivity index (χ3v) is 5.59. The molecule has 2 aromatic carbocycles. The van der Waals surface area contributed by atoms with Crippen LogP contribution in [0.1, 0.15) is 54.1 Å². The zero-order valence-electron chi connectivity index (χ0n) is 16.8. The fraction of sp³-hybridized carbons (Fsp3) is 0.364. The van der Waals surface area contributed by atoms with Crippen molar-refractivity contribution < 1.29 is 27.1 Å². The number of carbonyl (C=O) groups excluding carboxylic acids is 1. The molecular formula is C22H21F4N3O2. The Morgan fingerprint density at radius 2 is 1.94 bits per heavy atom. The van der Waals surface area contributed by atoms with Gasteiger partial charge in [-0.15, -0.1) is 0 Å². The Bertz CT molecular complexity index is 1120. The number of hydrogen-bond acceptors (Lipinski definition) is 3. The number of halogens is 4. The monoisotopic (exact) mass is 435 g/mol. The smallest absolute Gasteiger partial charge is 0.419 e. The van der Waals surface area contributed by atoms with E-state index in [1.807, 2.05) is 10.9 Å². The van der Waals surface area contributed by atoms with Gasteiger partial charge in [-0.25, -0.2) is 4.39 Å². The molecule has 0 bridgehead atoms. The van der Waals surface area contributed by atoms with Gasteiger partial charge in [0, 0.05) is 17.6 Å². The van der Waals surface area contributed by atoms with Gasteiger partial charge in [-0.05, 0) is 31.0 Å². The van der Waals surface area contributed by atoms with Gasteiger partial charge in [-0.1, -0.05) is 25.3 Å². The zero-order chi connectivity index (χ0) is 22.2. The zero-order valence-corrected chi connectivity index (χ0v) is 16.8. The van der Waals surface area contributed by atoms with E-state index >= 15 is 0 Å². The van der Waals surface area contributed by atoms with Crippen LogP contribution in [-0.4, -0.2) is 22.8 Å². The quantitative estimate of drug-likeness (QED) is 0.515. The number of nitrogens with one attached hydrogen (secondary N) is 1. The van der Waals surface area contributed by atoms with Crippen LogP contribution in [0.15, 0.2) is 36.5 Å². The third kappa shape index (κ3) is 4.22. The standard InChI is InChI=1S/C22H21F4N3O2/c1-31-19-11-17-13(12-29(28-17)14-6-3-2-4-7-14)10-18(19)27-21(30)15-8-5-9-16(20(15)23)22(24,25)26/h5,8-12,14H,2-4,6-7H2,1H3,(H,27,30). The lowest BCUT2D eigenvalue weighted by Crippen LogP contribution is -2.17. The highest BCUT2D eigenvalue weighted by molar-refractivity contribution is 6.06. The van der Waals surface area contributed by atoms with E-state index in [4.69, 9.17) is 4.74 Å². The topological polar surface area (TPSA) is 56.1 Å². The highest BCUT2D eigenvalue weighted by atomic mass is 19.4. The number of anilines is 1. The van der Waals surface area contributed by atoms with E-state index in [2.05, 4.69) is 10.4 Å². The fourth-order valence-corrected chi connectivity index (χ4v) is 3.99. The molecule has 9 heteroatoms. The summed E-state index contributed by atoms with van der Waals surface area (Å²) in [4.78, 5) is 12.6. The highest BCUT2D eigenvalue weighted by Gasteiger charge is 2.35. The number of benzene rings is 2. The number of aromatic nitrogens is 2. The normalized spacial score (nSPS) is 15.3. The van der Waals surface area contributed by atoms with E-state index in [0.717, 1.165) is 43.2 Å². The number of methoxy groups -OCH3 is 1. The first-order valence-electron chi connectivity index (χ1n) is 10.0. The summed E-state index contributed by atoms with van der Waals surface area (Å²) >= 11 is 0. The number of hydrogen-bond donors (Lipinski definition) is 1. The van der Waals surface area contributed by atoms with Crippen LogP contribution in [-0.2, 0) is 6.18 Å². The molecule has 0 spiro atoms. The van der Waals surface area contributed by atoms with Crippen molar-refractivity contribution in [1.29, 1.82) is 0 Å². The maximum Gasteiger partial charge on any atom is 0.419 e. The molecular weight excluding hydrogens is 414 g/mol. The molecule has 0 radical (unpaired) electrons. The number of carbonyl (C=O) groups is 1. The van der Waals surface area contributed by atoms with Crippen LogP contribution in [0.5, 0.6) is 5.75 Å². The Labute approximate surface area is 176 Å². The van der Waals surface area contributed by atoms with Crippen molar-refractivity contribution in [2.24, 2.45) is 0 Å². The maximum atomic E-state index is 14.3. The average molecular weight is 435 g/mol. The summed E-state index contributed by atoms with van der Waals surface area (Å²) < 4.78 is 60.5. The number of fused-ring (bicyclic) bond motifs is 1. The largest absolute Gasteiger partial charge is 0.494 e.